The van der Waals surface area contributed by atoms with Crippen LogP contribution in [0.25, 0.3) is 0 Å². The molecule has 2 unspecified atom stereocenters. The Morgan fingerprint density at radius 3 is 3.05 bits per heavy atom. The zero-order chi connectivity index (χ0) is 12.9. The lowest BCUT2D eigenvalue weighted by molar-refractivity contribution is 0.229. The van der Waals surface area contributed by atoms with Gasteiger partial charge in [-0.05, 0) is 55.7 Å². The Morgan fingerprint density at radius 2 is 2.26 bits per heavy atom. The number of hydrogen-bond acceptors (Lipinski definition) is 3. The van der Waals surface area contributed by atoms with Gasteiger partial charge in [-0.1, -0.05) is 18.6 Å². The SMILES string of the molecule is c1cc(CC2CCCCN2)cc(OC2CCSC2)c1. The predicted molar refractivity (Wildman–Crippen MR) is 82.1 cm³/mol. The highest BCUT2D eigenvalue weighted by Gasteiger charge is 2.17. The molecule has 104 valence electrons. The molecule has 1 aromatic carbocycles. The molecule has 0 bridgehead atoms. The normalized spacial score (nSPS) is 27.4. The first-order valence-electron chi connectivity index (χ1n) is 7.47. The van der Waals surface area contributed by atoms with Crippen LogP contribution in [-0.4, -0.2) is 30.2 Å². The largest absolute Gasteiger partial charge is 0.490 e. The average Bonchev–Trinajstić information content (AvgIpc) is 2.93. The first kappa shape index (κ1) is 13.3. The molecular weight excluding hydrogens is 254 g/mol. The minimum absolute atomic E-state index is 0.424. The van der Waals surface area contributed by atoms with Crippen molar-refractivity contribution in [2.24, 2.45) is 0 Å². The van der Waals surface area contributed by atoms with E-state index in [4.69, 9.17) is 4.74 Å². The number of thioether (sulfide) groups is 1. The number of piperidine rings is 1. The minimum Gasteiger partial charge on any atom is -0.490 e. The van der Waals surface area contributed by atoms with Gasteiger partial charge in [-0.15, -0.1) is 0 Å². The molecular formula is C16H23NOS. The van der Waals surface area contributed by atoms with Gasteiger partial charge in [0.15, 0.2) is 0 Å². The van der Waals surface area contributed by atoms with E-state index >= 15 is 0 Å². The van der Waals surface area contributed by atoms with E-state index in [9.17, 15) is 0 Å². The standard InChI is InChI=1S/C16H23NOS/c1-2-8-17-14(5-1)10-13-4-3-6-15(11-13)18-16-7-9-19-12-16/h3-4,6,11,14,16-17H,1-2,5,7-10,12H2. The highest BCUT2D eigenvalue weighted by molar-refractivity contribution is 7.99. The molecule has 19 heavy (non-hydrogen) atoms. The van der Waals surface area contributed by atoms with Gasteiger partial charge < -0.3 is 10.1 Å². The quantitative estimate of drug-likeness (QED) is 0.913. The smallest absolute Gasteiger partial charge is 0.120 e. The maximum atomic E-state index is 6.06. The summed E-state index contributed by atoms with van der Waals surface area (Å²) < 4.78 is 6.06. The van der Waals surface area contributed by atoms with E-state index in [-0.39, 0.29) is 0 Å². The summed E-state index contributed by atoms with van der Waals surface area (Å²) in [6.45, 7) is 1.18. The third kappa shape index (κ3) is 3.90. The van der Waals surface area contributed by atoms with Crippen LogP contribution in [0.5, 0.6) is 5.75 Å². The Hall–Kier alpha value is -0.670. The van der Waals surface area contributed by atoms with E-state index in [1.165, 1.54) is 43.5 Å². The zero-order valence-electron chi connectivity index (χ0n) is 11.4. The number of hydrogen-bond donors (Lipinski definition) is 1. The van der Waals surface area contributed by atoms with Gasteiger partial charge in [-0.25, -0.2) is 0 Å². The lowest BCUT2D eigenvalue weighted by Gasteiger charge is -2.23. The first-order valence-corrected chi connectivity index (χ1v) is 8.62. The lowest BCUT2D eigenvalue weighted by atomic mass is 9.98. The molecule has 0 spiro atoms. The van der Waals surface area contributed by atoms with Crippen LogP contribution in [0.2, 0.25) is 0 Å². The van der Waals surface area contributed by atoms with Gasteiger partial charge in [0.25, 0.3) is 0 Å². The van der Waals surface area contributed by atoms with Crippen LogP contribution in [-0.2, 0) is 6.42 Å². The summed E-state index contributed by atoms with van der Waals surface area (Å²) >= 11 is 2.00. The molecule has 2 aliphatic heterocycles. The average molecular weight is 277 g/mol. The molecule has 2 fully saturated rings. The molecule has 2 aliphatic rings. The first-order chi connectivity index (χ1) is 9.40. The predicted octanol–water partition coefficient (Wildman–Crippen LogP) is 3.26. The summed E-state index contributed by atoms with van der Waals surface area (Å²) in [5.41, 5.74) is 1.41. The van der Waals surface area contributed by atoms with Crippen molar-refractivity contribution in [2.45, 2.75) is 44.2 Å². The third-order valence-electron chi connectivity index (χ3n) is 3.98. The molecule has 0 radical (unpaired) electrons. The van der Waals surface area contributed by atoms with Gasteiger partial charge in [-0.3, -0.25) is 0 Å². The van der Waals surface area contributed by atoms with Gasteiger partial charge >= 0.3 is 0 Å². The van der Waals surface area contributed by atoms with Crippen molar-refractivity contribution in [1.29, 1.82) is 0 Å². The van der Waals surface area contributed by atoms with E-state index in [2.05, 4.69) is 29.6 Å². The van der Waals surface area contributed by atoms with Crippen LogP contribution in [0.3, 0.4) is 0 Å². The summed E-state index contributed by atoms with van der Waals surface area (Å²) in [6, 6.07) is 9.35. The molecule has 0 saturated carbocycles. The second-order valence-corrected chi connectivity index (χ2v) is 6.75. The van der Waals surface area contributed by atoms with Crippen LogP contribution in [0.1, 0.15) is 31.2 Å². The molecule has 2 saturated heterocycles. The molecule has 0 amide bonds. The van der Waals surface area contributed by atoms with Crippen molar-refractivity contribution in [2.75, 3.05) is 18.1 Å². The summed E-state index contributed by atoms with van der Waals surface area (Å²) in [4.78, 5) is 0. The van der Waals surface area contributed by atoms with Gasteiger partial charge in [-0.2, -0.15) is 11.8 Å². The van der Waals surface area contributed by atoms with Crippen LogP contribution in [0.15, 0.2) is 24.3 Å². The number of benzene rings is 1. The number of rotatable bonds is 4. The van der Waals surface area contributed by atoms with E-state index in [0.29, 0.717) is 12.1 Å². The fourth-order valence-electron chi connectivity index (χ4n) is 2.93. The van der Waals surface area contributed by atoms with Crippen molar-refractivity contribution in [3.63, 3.8) is 0 Å². The Morgan fingerprint density at radius 1 is 1.26 bits per heavy atom. The van der Waals surface area contributed by atoms with Crippen LogP contribution in [0, 0.1) is 0 Å². The van der Waals surface area contributed by atoms with Gasteiger partial charge in [0, 0.05) is 11.8 Å². The summed E-state index contributed by atoms with van der Waals surface area (Å²) in [6.07, 6.45) is 6.76. The summed E-state index contributed by atoms with van der Waals surface area (Å²) in [5, 5.41) is 3.62. The molecule has 3 heteroatoms. The van der Waals surface area contributed by atoms with Crippen molar-refractivity contribution in [3.8, 4) is 5.75 Å². The fourth-order valence-corrected chi connectivity index (χ4v) is 4.02. The maximum absolute atomic E-state index is 6.06. The van der Waals surface area contributed by atoms with E-state index in [1.807, 2.05) is 11.8 Å². The van der Waals surface area contributed by atoms with Crippen LogP contribution < -0.4 is 10.1 Å². The van der Waals surface area contributed by atoms with E-state index in [0.717, 1.165) is 17.9 Å². The molecule has 2 heterocycles. The third-order valence-corrected chi connectivity index (χ3v) is 5.12. The monoisotopic (exact) mass is 277 g/mol. The van der Waals surface area contributed by atoms with Crippen molar-refractivity contribution in [1.82, 2.24) is 5.32 Å². The Labute approximate surface area is 120 Å². The lowest BCUT2D eigenvalue weighted by Crippen LogP contribution is -2.35. The van der Waals surface area contributed by atoms with Gasteiger partial charge in [0.05, 0.1) is 0 Å². The Kier molecular flexibility index (Phi) is 4.67. The van der Waals surface area contributed by atoms with Gasteiger partial charge in [0.2, 0.25) is 0 Å². The fraction of sp³-hybridized carbons (Fsp3) is 0.625. The van der Waals surface area contributed by atoms with Crippen molar-refractivity contribution in [3.05, 3.63) is 29.8 Å². The molecule has 0 aromatic heterocycles. The molecule has 2 atom stereocenters. The van der Waals surface area contributed by atoms with Crippen LogP contribution in [0.4, 0.5) is 0 Å². The maximum Gasteiger partial charge on any atom is 0.120 e. The molecule has 1 N–H and O–H groups in total. The topological polar surface area (TPSA) is 21.3 Å². The van der Waals surface area contributed by atoms with Crippen LogP contribution >= 0.6 is 11.8 Å². The van der Waals surface area contributed by atoms with E-state index in [1.54, 1.807) is 0 Å². The molecule has 1 aromatic rings. The summed E-state index contributed by atoms with van der Waals surface area (Å²) in [5.74, 6) is 3.45. The van der Waals surface area contributed by atoms with E-state index < -0.39 is 0 Å². The molecule has 3 rings (SSSR count). The minimum atomic E-state index is 0.424. The second kappa shape index (κ2) is 6.67. The zero-order valence-corrected chi connectivity index (χ0v) is 12.3. The second-order valence-electron chi connectivity index (χ2n) is 5.60. The number of nitrogens with one attached hydrogen (secondary N) is 1. The Balaban J connectivity index is 1.58. The number of ether oxygens (including phenoxy) is 1. The molecule has 0 aliphatic carbocycles. The molecule has 2 nitrogen and oxygen atoms in total. The summed E-state index contributed by atoms with van der Waals surface area (Å²) in [7, 11) is 0. The highest BCUT2D eigenvalue weighted by atomic mass is 32.2. The highest BCUT2D eigenvalue weighted by Crippen LogP contribution is 2.24. The van der Waals surface area contributed by atoms with Gasteiger partial charge in [0.1, 0.15) is 11.9 Å². The van der Waals surface area contributed by atoms with Crippen molar-refractivity contribution >= 4 is 11.8 Å². The van der Waals surface area contributed by atoms with Crippen molar-refractivity contribution < 1.29 is 4.74 Å². The Bertz CT molecular complexity index is 397.